The van der Waals surface area contributed by atoms with Gasteiger partial charge < -0.3 is 4.74 Å². The molecule has 0 aromatic heterocycles. The molecule has 1 nitrogen and oxygen atoms in total. The van der Waals surface area contributed by atoms with Crippen molar-refractivity contribution >= 4 is 22.6 Å². The molecule has 11 heavy (non-hydrogen) atoms. The molecule has 0 N–H and O–H groups in total. The van der Waals surface area contributed by atoms with Gasteiger partial charge in [-0.05, 0) is 60.2 Å². The van der Waals surface area contributed by atoms with E-state index in [0.717, 1.165) is 12.2 Å². The van der Waals surface area contributed by atoms with Crippen LogP contribution in [0.4, 0.5) is 0 Å². The van der Waals surface area contributed by atoms with E-state index in [0.29, 0.717) is 6.61 Å². The smallest absolute Gasteiger partial charge is 0.119 e. The molecule has 1 aromatic rings. The zero-order chi connectivity index (χ0) is 8.10. The van der Waals surface area contributed by atoms with Gasteiger partial charge in [0.05, 0.1) is 6.61 Å². The Morgan fingerprint density at radius 2 is 1.91 bits per heavy atom. The second-order valence-electron chi connectivity index (χ2n) is 2.16. The molecule has 0 saturated carbocycles. The molecule has 2 heteroatoms. The van der Waals surface area contributed by atoms with Crippen LogP contribution in [0.15, 0.2) is 24.3 Å². The van der Waals surface area contributed by atoms with Crippen molar-refractivity contribution in [3.63, 3.8) is 0 Å². The van der Waals surface area contributed by atoms with Gasteiger partial charge in [-0.2, -0.15) is 0 Å². The number of ether oxygens (including phenoxy) is 1. The third kappa shape index (κ3) is 3.10. The predicted molar refractivity (Wildman–Crippen MR) is 54.6 cm³/mol. The third-order valence-corrected chi connectivity index (χ3v) is 1.95. The quantitative estimate of drug-likeness (QED) is 0.760. The molecule has 0 aliphatic rings. The van der Waals surface area contributed by atoms with Gasteiger partial charge in [0.15, 0.2) is 0 Å². The summed E-state index contributed by atoms with van der Waals surface area (Å²) in [4.78, 5) is 0. The van der Waals surface area contributed by atoms with Gasteiger partial charge in [-0.1, -0.05) is 0 Å². The van der Waals surface area contributed by atoms with Crippen molar-refractivity contribution in [2.45, 2.75) is 6.42 Å². The second kappa shape index (κ2) is 4.59. The summed E-state index contributed by atoms with van der Waals surface area (Å²) in [5, 5.41) is 0. The van der Waals surface area contributed by atoms with Crippen molar-refractivity contribution in [1.82, 2.24) is 0 Å². The zero-order valence-electron chi connectivity index (χ0n) is 6.22. The summed E-state index contributed by atoms with van der Waals surface area (Å²) in [6, 6.07) is 7.99. The van der Waals surface area contributed by atoms with Gasteiger partial charge in [-0.3, -0.25) is 0 Å². The van der Waals surface area contributed by atoms with Gasteiger partial charge in [0, 0.05) is 3.57 Å². The molecular weight excluding hydrogens is 251 g/mol. The topological polar surface area (TPSA) is 9.23 Å². The fourth-order valence-electron chi connectivity index (χ4n) is 0.721. The Bertz CT molecular complexity index is 205. The zero-order valence-corrected chi connectivity index (χ0v) is 8.37. The minimum atomic E-state index is 0.695. The Kier molecular flexibility index (Phi) is 3.69. The van der Waals surface area contributed by atoms with Crippen LogP contribution in [0.2, 0.25) is 0 Å². The van der Waals surface area contributed by atoms with Crippen LogP contribution in [0, 0.1) is 10.5 Å². The van der Waals surface area contributed by atoms with E-state index in [1.54, 1.807) is 0 Å². The maximum Gasteiger partial charge on any atom is 0.119 e. The third-order valence-electron chi connectivity index (χ3n) is 1.23. The van der Waals surface area contributed by atoms with Gasteiger partial charge in [0.1, 0.15) is 5.75 Å². The summed E-state index contributed by atoms with van der Waals surface area (Å²) >= 11 is 2.27. The molecule has 0 atom stereocenters. The molecule has 1 rings (SSSR count). The molecule has 59 valence electrons. The van der Waals surface area contributed by atoms with Crippen LogP contribution in [0.25, 0.3) is 0 Å². The Balaban J connectivity index is 2.52. The number of halogens is 1. The standard InChI is InChI=1S/C9H10IO/c1-2-7-11-9-5-3-8(10)4-6-9/h3-6H,1-2,7H2. The van der Waals surface area contributed by atoms with Crippen molar-refractivity contribution in [1.29, 1.82) is 0 Å². The molecule has 0 saturated heterocycles. The fraction of sp³-hybridized carbons (Fsp3) is 0.222. The largest absolute Gasteiger partial charge is 0.494 e. The first-order valence-electron chi connectivity index (χ1n) is 3.50. The van der Waals surface area contributed by atoms with Crippen molar-refractivity contribution in [3.8, 4) is 5.75 Å². The Hall–Kier alpha value is -0.250. The number of rotatable bonds is 3. The van der Waals surface area contributed by atoms with E-state index < -0.39 is 0 Å². The van der Waals surface area contributed by atoms with Gasteiger partial charge >= 0.3 is 0 Å². The van der Waals surface area contributed by atoms with E-state index in [1.807, 2.05) is 24.3 Å². The molecule has 0 fully saturated rings. The van der Waals surface area contributed by atoms with Crippen molar-refractivity contribution in [2.75, 3.05) is 6.61 Å². The number of benzene rings is 1. The Morgan fingerprint density at radius 1 is 1.27 bits per heavy atom. The normalized spacial score (nSPS) is 9.64. The average Bonchev–Trinajstić information content (AvgIpc) is 2.04. The average molecular weight is 261 g/mol. The van der Waals surface area contributed by atoms with E-state index in [2.05, 4.69) is 29.5 Å². The molecule has 0 amide bonds. The lowest BCUT2D eigenvalue weighted by atomic mass is 10.3. The monoisotopic (exact) mass is 261 g/mol. The minimum absolute atomic E-state index is 0.695. The van der Waals surface area contributed by atoms with Crippen molar-refractivity contribution < 1.29 is 4.74 Å². The molecule has 0 heterocycles. The van der Waals surface area contributed by atoms with Gasteiger partial charge in [0.25, 0.3) is 0 Å². The summed E-state index contributed by atoms with van der Waals surface area (Å²) in [5.74, 6) is 0.925. The van der Waals surface area contributed by atoms with E-state index >= 15 is 0 Å². The highest BCUT2D eigenvalue weighted by Crippen LogP contribution is 2.13. The first-order chi connectivity index (χ1) is 5.33. The summed E-state index contributed by atoms with van der Waals surface area (Å²) in [5.41, 5.74) is 0. The van der Waals surface area contributed by atoms with Crippen molar-refractivity contribution in [2.24, 2.45) is 0 Å². The van der Waals surface area contributed by atoms with Crippen LogP contribution < -0.4 is 4.74 Å². The molecule has 0 unspecified atom stereocenters. The molecular formula is C9H10IO. The summed E-state index contributed by atoms with van der Waals surface area (Å²) in [6.07, 6.45) is 0.811. The predicted octanol–water partition coefficient (Wildman–Crippen LogP) is 2.89. The molecule has 1 radical (unpaired) electrons. The van der Waals surface area contributed by atoms with Crippen LogP contribution in [-0.4, -0.2) is 6.61 Å². The maximum atomic E-state index is 5.34. The van der Waals surface area contributed by atoms with E-state index in [9.17, 15) is 0 Å². The number of hydrogen-bond acceptors (Lipinski definition) is 1. The highest BCUT2D eigenvalue weighted by Gasteiger charge is 1.90. The van der Waals surface area contributed by atoms with Crippen LogP contribution in [-0.2, 0) is 0 Å². The maximum absolute atomic E-state index is 5.34. The van der Waals surface area contributed by atoms with Crippen LogP contribution in [0.3, 0.4) is 0 Å². The first-order valence-corrected chi connectivity index (χ1v) is 4.58. The fourth-order valence-corrected chi connectivity index (χ4v) is 1.08. The number of hydrogen-bond donors (Lipinski definition) is 0. The molecule has 1 aromatic carbocycles. The SMILES string of the molecule is [CH2]CCOc1ccc(I)cc1. The van der Waals surface area contributed by atoms with Gasteiger partial charge in [-0.15, -0.1) is 0 Å². The summed E-state index contributed by atoms with van der Waals surface area (Å²) < 4.78 is 6.57. The van der Waals surface area contributed by atoms with E-state index in [-0.39, 0.29) is 0 Å². The highest BCUT2D eigenvalue weighted by molar-refractivity contribution is 14.1. The summed E-state index contributed by atoms with van der Waals surface area (Å²) in [7, 11) is 0. The first kappa shape index (κ1) is 8.84. The molecule has 0 aliphatic heterocycles. The lowest BCUT2D eigenvalue weighted by Crippen LogP contribution is -1.94. The van der Waals surface area contributed by atoms with Gasteiger partial charge in [-0.25, -0.2) is 0 Å². The summed E-state index contributed by atoms with van der Waals surface area (Å²) in [6.45, 7) is 4.39. The van der Waals surface area contributed by atoms with Crippen LogP contribution in [0.1, 0.15) is 6.42 Å². The van der Waals surface area contributed by atoms with E-state index in [1.165, 1.54) is 3.57 Å². The Labute approximate surface area is 80.9 Å². The second-order valence-corrected chi connectivity index (χ2v) is 3.40. The van der Waals surface area contributed by atoms with E-state index in [4.69, 9.17) is 4.74 Å². The van der Waals surface area contributed by atoms with Crippen molar-refractivity contribution in [3.05, 3.63) is 34.8 Å². The van der Waals surface area contributed by atoms with Crippen LogP contribution in [0.5, 0.6) is 5.75 Å². The molecule has 0 bridgehead atoms. The lowest BCUT2D eigenvalue weighted by molar-refractivity contribution is 0.324. The minimum Gasteiger partial charge on any atom is -0.494 e. The molecule has 0 aliphatic carbocycles. The lowest BCUT2D eigenvalue weighted by Gasteiger charge is -2.02. The Morgan fingerprint density at radius 3 is 2.45 bits per heavy atom. The highest BCUT2D eigenvalue weighted by atomic mass is 127. The molecule has 0 spiro atoms. The van der Waals surface area contributed by atoms with Gasteiger partial charge in [0.2, 0.25) is 0 Å². The van der Waals surface area contributed by atoms with Crippen LogP contribution >= 0.6 is 22.6 Å².